The van der Waals surface area contributed by atoms with Crippen LogP contribution in [0.4, 0.5) is 0 Å². The average Bonchev–Trinajstić information content (AvgIpc) is 2.01. The van der Waals surface area contributed by atoms with Crippen molar-refractivity contribution >= 4 is 12.7 Å². The Morgan fingerprint density at radius 2 is 2.00 bits per heavy atom. The molecule has 4 nitrogen and oxygen atoms in total. The fourth-order valence-electron chi connectivity index (χ4n) is 0.533. The molecule has 0 saturated heterocycles. The molecule has 0 aromatic heterocycles. The van der Waals surface area contributed by atoms with Gasteiger partial charge in [-0.2, -0.15) is 0 Å². The van der Waals surface area contributed by atoms with Gasteiger partial charge in [-0.15, -0.1) is 0 Å². The molecule has 0 bridgehead atoms. The third-order valence-corrected chi connectivity index (χ3v) is 0.811. The first-order valence-corrected chi connectivity index (χ1v) is 3.87. The van der Waals surface area contributed by atoms with Crippen LogP contribution >= 0.6 is 0 Å². The summed E-state index contributed by atoms with van der Waals surface area (Å²) in [6.07, 6.45) is 1.46. The number of esters is 1. The molecule has 4 heteroatoms. The van der Waals surface area contributed by atoms with Crippen molar-refractivity contribution < 1.29 is 9.53 Å². The molecule has 0 aliphatic rings. The van der Waals surface area contributed by atoms with Gasteiger partial charge in [0.15, 0.2) is 0 Å². The van der Waals surface area contributed by atoms with Gasteiger partial charge in [0.05, 0.1) is 0 Å². The van der Waals surface area contributed by atoms with Crippen LogP contribution in [0.25, 0.3) is 0 Å². The maximum atomic E-state index is 10.9. The van der Waals surface area contributed by atoms with Crippen molar-refractivity contribution in [2.75, 3.05) is 6.54 Å². The summed E-state index contributed by atoms with van der Waals surface area (Å²) < 4.78 is 4.99. The second kappa shape index (κ2) is 7.34. The monoisotopic (exact) mass is 186 g/mol. The van der Waals surface area contributed by atoms with Crippen molar-refractivity contribution in [2.45, 2.75) is 26.4 Å². The summed E-state index contributed by atoms with van der Waals surface area (Å²) in [4.78, 5) is 10.9. The molecule has 0 aliphatic carbocycles. The molecular weight excluding hydrogens is 168 g/mol. The quantitative estimate of drug-likeness (QED) is 0.516. The lowest BCUT2D eigenvalue weighted by Crippen LogP contribution is -2.29. The lowest BCUT2D eigenvalue weighted by Gasteiger charge is -2.19. The van der Waals surface area contributed by atoms with Gasteiger partial charge in [0.25, 0.3) is 0 Å². The molecule has 2 N–H and O–H groups in total. The van der Waals surface area contributed by atoms with Crippen LogP contribution in [-0.4, -0.2) is 24.8 Å². The molecular formula is C9H18N2O2. The summed E-state index contributed by atoms with van der Waals surface area (Å²) in [6, 6.07) is 0. The predicted octanol–water partition coefficient (Wildman–Crippen LogP) is 1.33. The highest BCUT2D eigenvalue weighted by Crippen LogP contribution is 2.05. The van der Waals surface area contributed by atoms with E-state index >= 15 is 0 Å². The summed E-state index contributed by atoms with van der Waals surface area (Å²) in [5.41, 5.74) is -0.403. The summed E-state index contributed by atoms with van der Waals surface area (Å²) in [5, 5.41) is 8.16. The number of rotatable bonds is 3. The molecule has 0 atom stereocenters. The second-order valence-electron chi connectivity index (χ2n) is 3.17. The van der Waals surface area contributed by atoms with Crippen LogP contribution in [0.5, 0.6) is 0 Å². The molecule has 13 heavy (non-hydrogen) atoms. The molecule has 0 aromatic carbocycles. The zero-order chi connectivity index (χ0) is 10.9. The Bertz CT molecular complexity index is 161. The second-order valence-corrected chi connectivity index (χ2v) is 3.17. The largest absolute Gasteiger partial charge is 0.459 e. The summed E-state index contributed by atoms with van der Waals surface area (Å²) in [5.74, 6) is -0.266. The van der Waals surface area contributed by atoms with Gasteiger partial charge in [-0.1, -0.05) is 6.58 Å². The molecule has 0 spiro atoms. The van der Waals surface area contributed by atoms with E-state index in [1.165, 1.54) is 6.20 Å². The van der Waals surface area contributed by atoms with E-state index in [0.717, 1.165) is 0 Å². The Hall–Kier alpha value is -1.32. The van der Waals surface area contributed by atoms with Crippen molar-refractivity contribution in [3.8, 4) is 0 Å². The zero-order valence-electron chi connectivity index (χ0n) is 8.52. The molecule has 0 amide bonds. The van der Waals surface area contributed by atoms with Gasteiger partial charge in [0.1, 0.15) is 12.1 Å². The third kappa shape index (κ3) is 13.6. The first-order valence-electron chi connectivity index (χ1n) is 3.87. The summed E-state index contributed by atoms with van der Waals surface area (Å²) in [6.45, 7) is 11.6. The molecule has 0 saturated carbocycles. The first kappa shape index (κ1) is 14.2. The smallest absolute Gasteiger partial charge is 0.325 e. The fraction of sp³-hybridized carbons (Fsp3) is 0.556. The van der Waals surface area contributed by atoms with Crippen LogP contribution < -0.4 is 5.32 Å². The van der Waals surface area contributed by atoms with E-state index in [9.17, 15) is 4.79 Å². The zero-order valence-corrected chi connectivity index (χ0v) is 8.52. The van der Waals surface area contributed by atoms with Gasteiger partial charge in [-0.25, -0.2) is 0 Å². The van der Waals surface area contributed by atoms with Gasteiger partial charge in [-0.3, -0.25) is 4.79 Å². The van der Waals surface area contributed by atoms with E-state index in [1.54, 1.807) is 0 Å². The standard InChI is InChI=1S/C8H15NO2.CH3N/c1-5-9-6-7(10)11-8(2,3)4;1-2/h5,9H,1,6H2,2-4H3;2H,1H2. The molecule has 0 aromatic rings. The Morgan fingerprint density at radius 1 is 1.54 bits per heavy atom. The minimum absolute atomic E-state index is 0.181. The number of hydrogen-bond acceptors (Lipinski definition) is 4. The average molecular weight is 186 g/mol. The normalized spacial score (nSPS) is 9.15. The summed E-state index contributed by atoms with van der Waals surface area (Å²) in [7, 11) is 0. The molecule has 0 aliphatic heterocycles. The van der Waals surface area contributed by atoms with E-state index < -0.39 is 5.60 Å². The Labute approximate surface area is 79.5 Å². The van der Waals surface area contributed by atoms with Crippen LogP contribution in [0.1, 0.15) is 20.8 Å². The topological polar surface area (TPSA) is 62.2 Å². The van der Waals surface area contributed by atoms with Crippen LogP contribution in [0.15, 0.2) is 12.8 Å². The molecule has 0 radical (unpaired) electrons. The molecule has 76 valence electrons. The predicted molar refractivity (Wildman–Crippen MR) is 53.9 cm³/mol. The van der Waals surface area contributed by atoms with Gasteiger partial charge >= 0.3 is 5.97 Å². The SMILES string of the molecule is C=CNCC(=O)OC(C)(C)C.C=N. The highest BCUT2D eigenvalue weighted by Gasteiger charge is 2.14. The Kier molecular flexibility index (Phi) is 8.02. The van der Waals surface area contributed by atoms with Gasteiger partial charge in [0, 0.05) is 0 Å². The van der Waals surface area contributed by atoms with E-state index in [4.69, 9.17) is 10.1 Å². The Balaban J connectivity index is 0. The van der Waals surface area contributed by atoms with Crippen LogP contribution in [0.2, 0.25) is 0 Å². The van der Waals surface area contributed by atoms with E-state index in [-0.39, 0.29) is 12.5 Å². The first-order chi connectivity index (χ1) is 5.95. The van der Waals surface area contributed by atoms with Gasteiger partial charge < -0.3 is 15.5 Å². The fourth-order valence-corrected chi connectivity index (χ4v) is 0.533. The minimum Gasteiger partial charge on any atom is -0.459 e. The molecule has 0 unspecified atom stereocenters. The molecule has 0 rings (SSSR count). The van der Waals surface area contributed by atoms with E-state index in [2.05, 4.69) is 18.6 Å². The number of carbonyl (C=O) groups excluding carboxylic acids is 1. The number of ether oxygens (including phenoxy) is 1. The van der Waals surface area contributed by atoms with Crippen molar-refractivity contribution in [2.24, 2.45) is 0 Å². The van der Waals surface area contributed by atoms with Crippen LogP contribution in [-0.2, 0) is 9.53 Å². The van der Waals surface area contributed by atoms with Crippen LogP contribution in [0.3, 0.4) is 0 Å². The van der Waals surface area contributed by atoms with Gasteiger partial charge in [-0.05, 0) is 33.7 Å². The van der Waals surface area contributed by atoms with Gasteiger partial charge in [0.2, 0.25) is 0 Å². The minimum atomic E-state index is -0.403. The van der Waals surface area contributed by atoms with Crippen LogP contribution in [0, 0.1) is 5.41 Å². The lowest BCUT2D eigenvalue weighted by molar-refractivity contribution is -0.153. The maximum Gasteiger partial charge on any atom is 0.325 e. The Morgan fingerprint density at radius 3 is 2.31 bits per heavy atom. The maximum absolute atomic E-state index is 10.9. The summed E-state index contributed by atoms with van der Waals surface area (Å²) >= 11 is 0. The number of hydrogen-bond donors (Lipinski definition) is 2. The van der Waals surface area contributed by atoms with E-state index in [0.29, 0.717) is 0 Å². The molecule has 0 heterocycles. The van der Waals surface area contributed by atoms with Crippen molar-refractivity contribution in [1.29, 1.82) is 5.41 Å². The highest BCUT2D eigenvalue weighted by molar-refractivity contribution is 5.72. The number of carbonyl (C=O) groups is 1. The van der Waals surface area contributed by atoms with Crippen molar-refractivity contribution in [1.82, 2.24) is 5.32 Å². The highest BCUT2D eigenvalue weighted by atomic mass is 16.6. The van der Waals surface area contributed by atoms with E-state index in [1.807, 2.05) is 20.8 Å². The third-order valence-electron chi connectivity index (χ3n) is 0.811. The van der Waals surface area contributed by atoms with Crippen molar-refractivity contribution in [3.63, 3.8) is 0 Å². The lowest BCUT2D eigenvalue weighted by atomic mass is 10.2. The molecule has 0 fully saturated rings. The number of nitrogens with one attached hydrogen (secondary N) is 2. The van der Waals surface area contributed by atoms with Crippen molar-refractivity contribution in [3.05, 3.63) is 12.8 Å².